The molecule has 3 rings (SSSR count). The van der Waals surface area contributed by atoms with E-state index in [9.17, 15) is 4.79 Å². The summed E-state index contributed by atoms with van der Waals surface area (Å²) < 4.78 is 5.73. The number of rotatable bonds is 5. The molecule has 0 saturated heterocycles. The minimum atomic E-state index is -0.704. The van der Waals surface area contributed by atoms with Gasteiger partial charge in [0, 0.05) is 5.56 Å². The maximum atomic E-state index is 11.3. The fourth-order valence-corrected chi connectivity index (χ4v) is 2.18. The lowest BCUT2D eigenvalue weighted by molar-refractivity contribution is 0.0996. The Labute approximate surface area is 139 Å². The van der Waals surface area contributed by atoms with Gasteiger partial charge in [0.2, 0.25) is 0 Å². The summed E-state index contributed by atoms with van der Waals surface area (Å²) in [7, 11) is 0. The van der Waals surface area contributed by atoms with Gasteiger partial charge in [0.15, 0.2) is 11.5 Å². The molecule has 0 bridgehead atoms. The van der Waals surface area contributed by atoms with Crippen molar-refractivity contribution in [2.45, 2.75) is 6.61 Å². The van der Waals surface area contributed by atoms with Gasteiger partial charge in [-0.1, -0.05) is 30.3 Å². The van der Waals surface area contributed by atoms with Crippen LogP contribution in [0, 0.1) is 0 Å². The molecule has 0 atom stereocenters. The van der Waals surface area contributed by atoms with Crippen LogP contribution in [0.4, 0.5) is 5.82 Å². The van der Waals surface area contributed by atoms with Crippen molar-refractivity contribution >= 4 is 11.7 Å². The van der Waals surface area contributed by atoms with Crippen LogP contribution in [0.5, 0.6) is 5.75 Å². The van der Waals surface area contributed by atoms with Crippen LogP contribution in [-0.4, -0.2) is 15.9 Å². The SMILES string of the molecule is NC(=O)c1nc(-c2ccc(OCc3ccccc3)cc2)cnc1N. The van der Waals surface area contributed by atoms with Gasteiger partial charge < -0.3 is 16.2 Å². The summed E-state index contributed by atoms with van der Waals surface area (Å²) in [6.45, 7) is 0.494. The molecule has 24 heavy (non-hydrogen) atoms. The topological polar surface area (TPSA) is 104 Å². The molecule has 0 aliphatic carbocycles. The third-order valence-corrected chi connectivity index (χ3v) is 3.43. The van der Waals surface area contributed by atoms with Gasteiger partial charge >= 0.3 is 0 Å². The van der Waals surface area contributed by atoms with Gasteiger partial charge in [-0.05, 0) is 29.8 Å². The number of hydrogen-bond acceptors (Lipinski definition) is 5. The van der Waals surface area contributed by atoms with E-state index < -0.39 is 5.91 Å². The van der Waals surface area contributed by atoms with E-state index in [0.29, 0.717) is 12.3 Å². The van der Waals surface area contributed by atoms with Gasteiger partial charge in [-0.2, -0.15) is 0 Å². The number of nitrogens with zero attached hydrogens (tertiary/aromatic N) is 2. The number of nitrogen functional groups attached to an aromatic ring is 1. The standard InChI is InChI=1S/C18H16N4O2/c19-17-16(18(20)23)22-15(10-21-17)13-6-8-14(9-7-13)24-11-12-4-2-1-3-5-12/h1-10H,11H2,(H2,19,21)(H2,20,23). The Morgan fingerprint density at radius 3 is 2.42 bits per heavy atom. The maximum absolute atomic E-state index is 11.3. The molecule has 0 unspecified atom stereocenters. The number of benzene rings is 2. The van der Waals surface area contributed by atoms with E-state index in [1.165, 1.54) is 6.20 Å². The Kier molecular flexibility index (Phi) is 4.38. The van der Waals surface area contributed by atoms with E-state index in [2.05, 4.69) is 9.97 Å². The van der Waals surface area contributed by atoms with Crippen molar-refractivity contribution < 1.29 is 9.53 Å². The molecule has 1 heterocycles. The average molecular weight is 320 g/mol. The molecule has 0 aliphatic rings. The van der Waals surface area contributed by atoms with Gasteiger partial charge in [-0.15, -0.1) is 0 Å². The summed E-state index contributed by atoms with van der Waals surface area (Å²) >= 11 is 0. The van der Waals surface area contributed by atoms with E-state index in [1.54, 1.807) is 0 Å². The lowest BCUT2D eigenvalue weighted by Gasteiger charge is -2.08. The van der Waals surface area contributed by atoms with Gasteiger partial charge in [-0.3, -0.25) is 4.79 Å². The molecule has 0 radical (unpaired) electrons. The van der Waals surface area contributed by atoms with Gasteiger partial charge in [0.05, 0.1) is 11.9 Å². The molecule has 6 nitrogen and oxygen atoms in total. The number of hydrogen-bond donors (Lipinski definition) is 2. The Hall–Kier alpha value is -3.41. The Morgan fingerprint density at radius 2 is 1.75 bits per heavy atom. The van der Waals surface area contributed by atoms with Crippen molar-refractivity contribution in [2.24, 2.45) is 5.73 Å². The fourth-order valence-electron chi connectivity index (χ4n) is 2.18. The summed E-state index contributed by atoms with van der Waals surface area (Å²) in [4.78, 5) is 19.4. The predicted octanol–water partition coefficient (Wildman–Crippen LogP) is 2.40. The molecule has 6 heteroatoms. The highest BCUT2D eigenvalue weighted by Crippen LogP contribution is 2.22. The molecule has 1 aromatic heterocycles. The number of anilines is 1. The zero-order valence-corrected chi connectivity index (χ0v) is 12.8. The first-order valence-corrected chi connectivity index (χ1v) is 7.33. The smallest absolute Gasteiger partial charge is 0.271 e. The first-order valence-electron chi connectivity index (χ1n) is 7.33. The number of carbonyl (C=O) groups excluding carboxylic acids is 1. The molecule has 1 amide bonds. The van der Waals surface area contributed by atoms with E-state index in [0.717, 1.165) is 16.9 Å². The Balaban J connectivity index is 1.75. The highest BCUT2D eigenvalue weighted by Gasteiger charge is 2.11. The van der Waals surface area contributed by atoms with Crippen LogP contribution >= 0.6 is 0 Å². The number of carbonyl (C=O) groups is 1. The van der Waals surface area contributed by atoms with Crippen LogP contribution in [0.1, 0.15) is 16.1 Å². The number of ether oxygens (including phenoxy) is 1. The van der Waals surface area contributed by atoms with Crippen LogP contribution < -0.4 is 16.2 Å². The molecule has 4 N–H and O–H groups in total. The van der Waals surface area contributed by atoms with Crippen molar-refractivity contribution in [3.8, 4) is 17.0 Å². The zero-order chi connectivity index (χ0) is 16.9. The first kappa shape index (κ1) is 15.5. The summed E-state index contributed by atoms with van der Waals surface area (Å²) in [6.07, 6.45) is 1.50. The number of amides is 1. The van der Waals surface area contributed by atoms with Crippen molar-refractivity contribution in [3.05, 3.63) is 72.1 Å². The van der Waals surface area contributed by atoms with Crippen LogP contribution in [0.2, 0.25) is 0 Å². The second-order valence-corrected chi connectivity index (χ2v) is 5.15. The third-order valence-electron chi connectivity index (χ3n) is 3.43. The summed E-state index contributed by atoms with van der Waals surface area (Å²) in [5, 5.41) is 0. The van der Waals surface area contributed by atoms with E-state index in [1.807, 2.05) is 54.6 Å². The monoisotopic (exact) mass is 320 g/mol. The summed E-state index contributed by atoms with van der Waals surface area (Å²) in [5.41, 5.74) is 13.2. The largest absolute Gasteiger partial charge is 0.489 e. The number of nitrogens with two attached hydrogens (primary N) is 2. The highest BCUT2D eigenvalue weighted by atomic mass is 16.5. The van der Waals surface area contributed by atoms with Gasteiger partial charge in [0.25, 0.3) is 5.91 Å². The molecule has 0 spiro atoms. The molecule has 0 aliphatic heterocycles. The third kappa shape index (κ3) is 3.49. The highest BCUT2D eigenvalue weighted by molar-refractivity contribution is 5.95. The number of aromatic nitrogens is 2. The lowest BCUT2D eigenvalue weighted by atomic mass is 10.1. The minimum absolute atomic E-state index is 0.0223. The molecule has 0 fully saturated rings. The van der Waals surface area contributed by atoms with E-state index in [-0.39, 0.29) is 11.5 Å². The zero-order valence-electron chi connectivity index (χ0n) is 12.8. The summed E-state index contributed by atoms with van der Waals surface area (Å²) in [6, 6.07) is 17.3. The second kappa shape index (κ2) is 6.78. The van der Waals surface area contributed by atoms with E-state index in [4.69, 9.17) is 16.2 Å². The second-order valence-electron chi connectivity index (χ2n) is 5.15. The lowest BCUT2D eigenvalue weighted by Crippen LogP contribution is -2.17. The van der Waals surface area contributed by atoms with Crippen molar-refractivity contribution in [3.63, 3.8) is 0 Å². The first-order chi connectivity index (χ1) is 11.6. The van der Waals surface area contributed by atoms with Crippen LogP contribution in [0.25, 0.3) is 11.3 Å². The summed E-state index contributed by atoms with van der Waals surface area (Å²) in [5.74, 6) is 0.0554. The predicted molar refractivity (Wildman–Crippen MR) is 91.2 cm³/mol. The minimum Gasteiger partial charge on any atom is -0.489 e. The molecule has 3 aromatic rings. The Morgan fingerprint density at radius 1 is 1.04 bits per heavy atom. The maximum Gasteiger partial charge on any atom is 0.271 e. The molecule has 0 saturated carbocycles. The van der Waals surface area contributed by atoms with E-state index >= 15 is 0 Å². The average Bonchev–Trinajstić information content (AvgIpc) is 2.61. The quantitative estimate of drug-likeness (QED) is 0.751. The van der Waals surface area contributed by atoms with Crippen LogP contribution in [-0.2, 0) is 6.61 Å². The molecule has 2 aromatic carbocycles. The van der Waals surface area contributed by atoms with Crippen molar-refractivity contribution in [1.29, 1.82) is 0 Å². The normalized spacial score (nSPS) is 10.3. The Bertz CT molecular complexity index is 849. The molecular weight excluding hydrogens is 304 g/mol. The van der Waals surface area contributed by atoms with Crippen molar-refractivity contribution in [1.82, 2.24) is 9.97 Å². The molecule has 120 valence electrons. The molecular formula is C18H16N4O2. The number of primary amides is 1. The van der Waals surface area contributed by atoms with Crippen LogP contribution in [0.3, 0.4) is 0 Å². The fraction of sp³-hybridized carbons (Fsp3) is 0.0556. The van der Waals surface area contributed by atoms with Crippen molar-refractivity contribution in [2.75, 3.05) is 5.73 Å². The van der Waals surface area contributed by atoms with Gasteiger partial charge in [0.1, 0.15) is 12.4 Å². The van der Waals surface area contributed by atoms with Gasteiger partial charge in [-0.25, -0.2) is 9.97 Å². The van der Waals surface area contributed by atoms with Crippen LogP contribution in [0.15, 0.2) is 60.8 Å².